The fourth-order valence-corrected chi connectivity index (χ4v) is 2.64. The SMILES string of the molecule is CCCCCCN1CCN(S(N)(=O)=O)CC1. The lowest BCUT2D eigenvalue weighted by Gasteiger charge is -2.32. The van der Waals surface area contributed by atoms with Gasteiger partial charge in [0.15, 0.2) is 0 Å². The van der Waals surface area contributed by atoms with E-state index in [1.54, 1.807) is 0 Å². The van der Waals surface area contributed by atoms with Crippen molar-refractivity contribution in [1.29, 1.82) is 0 Å². The predicted octanol–water partition coefficient (Wildman–Crippen LogP) is 0.388. The topological polar surface area (TPSA) is 66.6 Å². The largest absolute Gasteiger partial charge is 0.301 e. The van der Waals surface area contributed by atoms with Crippen LogP contribution in [0.25, 0.3) is 0 Å². The second-order valence-electron chi connectivity index (χ2n) is 4.35. The Bertz CT molecular complexity index is 284. The van der Waals surface area contributed by atoms with Gasteiger partial charge in [-0.2, -0.15) is 12.7 Å². The van der Waals surface area contributed by atoms with Gasteiger partial charge >= 0.3 is 0 Å². The van der Waals surface area contributed by atoms with Crippen LogP contribution in [0.2, 0.25) is 0 Å². The molecule has 1 aliphatic heterocycles. The van der Waals surface area contributed by atoms with Crippen molar-refractivity contribution in [1.82, 2.24) is 9.21 Å². The van der Waals surface area contributed by atoms with Gasteiger partial charge in [0.05, 0.1) is 0 Å². The molecule has 0 aliphatic carbocycles. The Morgan fingerprint density at radius 3 is 2.19 bits per heavy atom. The van der Waals surface area contributed by atoms with E-state index in [9.17, 15) is 8.42 Å². The molecule has 0 aromatic heterocycles. The predicted molar refractivity (Wildman–Crippen MR) is 65.3 cm³/mol. The van der Waals surface area contributed by atoms with Gasteiger partial charge in [0.1, 0.15) is 0 Å². The van der Waals surface area contributed by atoms with Crippen molar-refractivity contribution in [3.63, 3.8) is 0 Å². The second-order valence-corrected chi connectivity index (χ2v) is 5.89. The molecule has 0 bridgehead atoms. The number of piperazine rings is 1. The standard InChI is InChI=1S/C10H23N3O2S/c1-2-3-4-5-6-12-7-9-13(10-8-12)16(11,14)15/h2-10H2,1H3,(H2,11,14,15). The van der Waals surface area contributed by atoms with E-state index in [1.165, 1.54) is 30.0 Å². The molecule has 0 aromatic carbocycles. The number of hydrogen-bond donors (Lipinski definition) is 1. The summed E-state index contributed by atoms with van der Waals surface area (Å²) in [7, 11) is -3.47. The Kier molecular flexibility index (Phi) is 5.68. The molecule has 2 N–H and O–H groups in total. The van der Waals surface area contributed by atoms with Gasteiger partial charge in [-0.1, -0.05) is 26.2 Å². The van der Waals surface area contributed by atoms with Crippen molar-refractivity contribution in [3.8, 4) is 0 Å². The summed E-state index contributed by atoms with van der Waals surface area (Å²) < 4.78 is 23.5. The highest BCUT2D eigenvalue weighted by atomic mass is 32.2. The van der Waals surface area contributed by atoms with E-state index >= 15 is 0 Å². The van der Waals surface area contributed by atoms with Gasteiger partial charge in [0.2, 0.25) is 0 Å². The number of unbranched alkanes of at least 4 members (excludes halogenated alkanes) is 3. The number of rotatable bonds is 6. The van der Waals surface area contributed by atoms with Crippen molar-refractivity contribution in [3.05, 3.63) is 0 Å². The molecular formula is C10H23N3O2S. The van der Waals surface area contributed by atoms with Crippen LogP contribution in [0.1, 0.15) is 32.6 Å². The molecule has 1 aliphatic rings. The molecule has 1 saturated heterocycles. The van der Waals surface area contributed by atoms with E-state index in [0.717, 1.165) is 19.6 Å². The minimum absolute atomic E-state index is 0.534. The van der Waals surface area contributed by atoms with Crippen molar-refractivity contribution < 1.29 is 8.42 Å². The van der Waals surface area contributed by atoms with Crippen molar-refractivity contribution in [2.24, 2.45) is 5.14 Å². The minimum Gasteiger partial charge on any atom is -0.301 e. The average Bonchev–Trinajstić information content (AvgIpc) is 2.24. The lowest BCUT2D eigenvalue weighted by atomic mass is 10.2. The van der Waals surface area contributed by atoms with E-state index in [0.29, 0.717) is 13.1 Å². The molecule has 5 nitrogen and oxygen atoms in total. The first-order valence-corrected chi connectivity index (χ1v) is 7.54. The molecule has 1 rings (SSSR count). The molecule has 0 radical (unpaired) electrons. The maximum Gasteiger partial charge on any atom is 0.276 e. The monoisotopic (exact) mass is 249 g/mol. The Hall–Kier alpha value is -0.170. The quantitative estimate of drug-likeness (QED) is 0.692. The highest BCUT2D eigenvalue weighted by Crippen LogP contribution is 2.07. The van der Waals surface area contributed by atoms with Crippen LogP contribution in [-0.2, 0) is 10.2 Å². The van der Waals surface area contributed by atoms with Crippen LogP contribution in [0.15, 0.2) is 0 Å². The summed E-state index contributed by atoms with van der Waals surface area (Å²) in [6, 6.07) is 0. The van der Waals surface area contributed by atoms with E-state index in [2.05, 4.69) is 11.8 Å². The molecule has 0 amide bonds. The third kappa shape index (κ3) is 4.78. The number of nitrogens with two attached hydrogens (primary N) is 1. The van der Waals surface area contributed by atoms with Crippen LogP contribution in [0.4, 0.5) is 0 Å². The van der Waals surface area contributed by atoms with Gasteiger partial charge in [0.25, 0.3) is 10.2 Å². The summed E-state index contributed by atoms with van der Waals surface area (Å²) in [6.07, 6.45) is 5.02. The highest BCUT2D eigenvalue weighted by molar-refractivity contribution is 7.86. The van der Waals surface area contributed by atoms with Crippen LogP contribution >= 0.6 is 0 Å². The first kappa shape index (κ1) is 13.9. The zero-order chi connectivity index (χ0) is 12.0. The molecule has 6 heteroatoms. The Labute approximate surface area is 98.8 Å². The molecule has 96 valence electrons. The van der Waals surface area contributed by atoms with E-state index in [1.807, 2.05) is 0 Å². The first-order chi connectivity index (χ1) is 7.54. The third-order valence-electron chi connectivity index (χ3n) is 3.02. The third-order valence-corrected chi connectivity index (χ3v) is 4.10. The summed E-state index contributed by atoms with van der Waals surface area (Å²) in [5.74, 6) is 0. The van der Waals surface area contributed by atoms with Crippen molar-refractivity contribution in [2.45, 2.75) is 32.6 Å². The minimum atomic E-state index is -3.47. The lowest BCUT2D eigenvalue weighted by molar-refractivity contribution is 0.185. The molecular weight excluding hydrogens is 226 g/mol. The van der Waals surface area contributed by atoms with Crippen LogP contribution in [0.3, 0.4) is 0 Å². The van der Waals surface area contributed by atoms with Crippen LogP contribution in [0.5, 0.6) is 0 Å². The zero-order valence-corrected chi connectivity index (χ0v) is 10.9. The Morgan fingerprint density at radius 2 is 1.69 bits per heavy atom. The maximum atomic E-state index is 11.1. The van der Waals surface area contributed by atoms with Gasteiger partial charge in [-0.05, 0) is 13.0 Å². The van der Waals surface area contributed by atoms with Crippen LogP contribution in [-0.4, -0.2) is 50.3 Å². The maximum absolute atomic E-state index is 11.1. The van der Waals surface area contributed by atoms with Gasteiger partial charge in [0, 0.05) is 26.2 Å². The number of hydrogen-bond acceptors (Lipinski definition) is 3. The fraction of sp³-hybridized carbons (Fsp3) is 1.00. The normalized spacial score (nSPS) is 20.1. The zero-order valence-electron chi connectivity index (χ0n) is 10.1. The molecule has 1 fully saturated rings. The molecule has 1 heterocycles. The van der Waals surface area contributed by atoms with Crippen LogP contribution < -0.4 is 5.14 Å². The lowest BCUT2D eigenvalue weighted by Crippen LogP contribution is -2.50. The van der Waals surface area contributed by atoms with Crippen LogP contribution in [0, 0.1) is 0 Å². The summed E-state index contributed by atoms with van der Waals surface area (Å²) in [4.78, 5) is 2.32. The van der Waals surface area contributed by atoms with Gasteiger partial charge < -0.3 is 4.90 Å². The van der Waals surface area contributed by atoms with Gasteiger partial charge in [-0.15, -0.1) is 0 Å². The molecule has 0 aromatic rings. The summed E-state index contributed by atoms with van der Waals surface area (Å²) >= 11 is 0. The highest BCUT2D eigenvalue weighted by Gasteiger charge is 2.23. The van der Waals surface area contributed by atoms with Gasteiger partial charge in [-0.3, -0.25) is 0 Å². The summed E-state index contributed by atoms with van der Waals surface area (Å²) in [5, 5.41) is 5.07. The first-order valence-electron chi connectivity index (χ1n) is 6.04. The van der Waals surface area contributed by atoms with Gasteiger partial charge in [-0.25, -0.2) is 5.14 Å². The summed E-state index contributed by atoms with van der Waals surface area (Å²) in [6.45, 7) is 5.97. The second kappa shape index (κ2) is 6.54. The van der Waals surface area contributed by atoms with Crippen molar-refractivity contribution >= 4 is 10.2 Å². The van der Waals surface area contributed by atoms with E-state index < -0.39 is 10.2 Å². The van der Waals surface area contributed by atoms with E-state index in [4.69, 9.17) is 5.14 Å². The smallest absolute Gasteiger partial charge is 0.276 e. The summed E-state index contributed by atoms with van der Waals surface area (Å²) in [5.41, 5.74) is 0. The average molecular weight is 249 g/mol. The molecule has 16 heavy (non-hydrogen) atoms. The molecule has 0 saturated carbocycles. The van der Waals surface area contributed by atoms with Crippen molar-refractivity contribution in [2.75, 3.05) is 32.7 Å². The molecule has 0 atom stereocenters. The number of nitrogens with zero attached hydrogens (tertiary/aromatic N) is 2. The Morgan fingerprint density at radius 1 is 1.06 bits per heavy atom. The van der Waals surface area contributed by atoms with E-state index in [-0.39, 0.29) is 0 Å². The molecule has 0 unspecified atom stereocenters. The Balaban J connectivity index is 2.17. The fourth-order valence-electron chi connectivity index (χ4n) is 1.97. The molecule has 0 spiro atoms.